The molecule has 1 aromatic carbocycles. The van der Waals surface area contributed by atoms with E-state index in [1.54, 1.807) is 0 Å². The van der Waals surface area contributed by atoms with Crippen molar-refractivity contribution in [2.24, 2.45) is 0 Å². The third kappa shape index (κ3) is 3.09. The van der Waals surface area contributed by atoms with Crippen molar-refractivity contribution < 1.29 is 13.2 Å². The van der Waals surface area contributed by atoms with Gasteiger partial charge < -0.3 is 0 Å². The van der Waals surface area contributed by atoms with Gasteiger partial charge in [-0.2, -0.15) is 18.3 Å². The van der Waals surface area contributed by atoms with Gasteiger partial charge in [0.05, 0.1) is 18.1 Å². The van der Waals surface area contributed by atoms with E-state index in [2.05, 4.69) is 20.5 Å². The number of halogens is 4. The molecule has 3 rings (SSSR count). The maximum absolute atomic E-state index is 12.7. The van der Waals surface area contributed by atoms with E-state index in [0.717, 1.165) is 10.9 Å². The highest BCUT2D eigenvalue weighted by atomic mass is 35.5. The first-order valence-electron chi connectivity index (χ1n) is 6.19. The Bertz CT molecular complexity index is 918. The van der Waals surface area contributed by atoms with E-state index in [-0.39, 0.29) is 5.69 Å². The summed E-state index contributed by atoms with van der Waals surface area (Å²) in [6.45, 7) is 0. The Hall–Kier alpha value is -2.68. The molecule has 0 unspecified atom stereocenters. The summed E-state index contributed by atoms with van der Waals surface area (Å²) < 4.78 is 39.0. The van der Waals surface area contributed by atoms with Crippen LogP contribution in [-0.2, 0) is 6.18 Å². The molecule has 118 valence electrons. The third-order valence-corrected chi connectivity index (χ3v) is 3.20. The third-order valence-electron chi connectivity index (χ3n) is 2.97. The number of hydrogen-bond donors (Lipinski definition) is 1. The second kappa shape index (κ2) is 5.51. The van der Waals surface area contributed by atoms with Gasteiger partial charge in [-0.1, -0.05) is 16.8 Å². The van der Waals surface area contributed by atoms with E-state index < -0.39 is 17.4 Å². The lowest BCUT2D eigenvalue weighted by molar-refractivity contribution is -0.141. The highest BCUT2D eigenvalue weighted by molar-refractivity contribution is 6.31. The fourth-order valence-electron chi connectivity index (χ4n) is 1.97. The van der Waals surface area contributed by atoms with E-state index in [1.807, 2.05) is 0 Å². The number of nitrogens with one attached hydrogen (secondary N) is 1. The fraction of sp³-hybridized carbons (Fsp3) is 0.0769. The van der Waals surface area contributed by atoms with Gasteiger partial charge in [0.15, 0.2) is 5.69 Å². The number of aromatic nitrogens is 5. The summed E-state index contributed by atoms with van der Waals surface area (Å²) in [7, 11) is 0. The Morgan fingerprint density at radius 3 is 2.65 bits per heavy atom. The van der Waals surface area contributed by atoms with Gasteiger partial charge in [-0.05, 0) is 18.2 Å². The predicted molar refractivity (Wildman–Crippen MR) is 75.2 cm³/mol. The molecule has 2 heterocycles. The molecule has 0 amide bonds. The van der Waals surface area contributed by atoms with Crippen molar-refractivity contribution in [1.29, 1.82) is 0 Å². The number of H-pyrrole nitrogens is 1. The monoisotopic (exact) mass is 341 g/mol. The lowest BCUT2D eigenvalue weighted by Crippen LogP contribution is -2.07. The van der Waals surface area contributed by atoms with Gasteiger partial charge in [0, 0.05) is 22.2 Å². The molecule has 0 fully saturated rings. The molecule has 10 heteroatoms. The average molecular weight is 342 g/mol. The molecule has 1 N–H and O–H groups in total. The lowest BCUT2D eigenvalue weighted by Gasteiger charge is -2.09. The number of alkyl halides is 3. The van der Waals surface area contributed by atoms with Crippen LogP contribution in [0.5, 0.6) is 0 Å². The van der Waals surface area contributed by atoms with Gasteiger partial charge in [-0.25, -0.2) is 9.78 Å². The van der Waals surface area contributed by atoms with Crippen LogP contribution in [0.25, 0.3) is 16.8 Å². The van der Waals surface area contributed by atoms with E-state index in [0.29, 0.717) is 16.1 Å². The molecular weight excluding hydrogens is 335 g/mol. The minimum Gasteiger partial charge on any atom is -0.268 e. The summed E-state index contributed by atoms with van der Waals surface area (Å²) >= 11 is 5.94. The standard InChI is InChI=1S/C13H7ClF3N5O/c14-8-1-2-10(22-6-11(19-21-22)13(15,16)17)9(4-8)7-3-12(23)20-18-5-7/h1-6H,(H,20,23). The van der Waals surface area contributed by atoms with E-state index >= 15 is 0 Å². The summed E-state index contributed by atoms with van der Waals surface area (Å²) in [5.74, 6) is 0. The van der Waals surface area contributed by atoms with E-state index in [1.165, 1.54) is 30.5 Å². The van der Waals surface area contributed by atoms with Crippen molar-refractivity contribution >= 4 is 11.6 Å². The molecule has 6 nitrogen and oxygen atoms in total. The van der Waals surface area contributed by atoms with Crippen LogP contribution in [0.2, 0.25) is 5.02 Å². The first-order chi connectivity index (χ1) is 10.8. The van der Waals surface area contributed by atoms with Crippen molar-refractivity contribution in [1.82, 2.24) is 25.2 Å². The zero-order valence-electron chi connectivity index (χ0n) is 11.2. The van der Waals surface area contributed by atoms with Crippen LogP contribution in [0.15, 0.2) is 41.5 Å². The molecule has 23 heavy (non-hydrogen) atoms. The Morgan fingerprint density at radius 2 is 2.00 bits per heavy atom. The molecule has 0 aliphatic carbocycles. The largest absolute Gasteiger partial charge is 0.436 e. The predicted octanol–water partition coefficient (Wildman–Crippen LogP) is 2.69. The van der Waals surface area contributed by atoms with E-state index in [9.17, 15) is 18.0 Å². The Labute approximate surface area is 131 Å². The quantitative estimate of drug-likeness (QED) is 0.777. The van der Waals surface area contributed by atoms with Gasteiger partial charge >= 0.3 is 6.18 Å². The summed E-state index contributed by atoms with van der Waals surface area (Å²) in [5, 5.41) is 12.8. The highest BCUT2D eigenvalue weighted by Crippen LogP contribution is 2.31. The average Bonchev–Trinajstić information content (AvgIpc) is 2.97. The number of rotatable bonds is 2. The first-order valence-corrected chi connectivity index (χ1v) is 6.57. The molecule has 2 aromatic heterocycles. The van der Waals surface area contributed by atoms with Crippen LogP contribution in [0, 0.1) is 0 Å². The maximum atomic E-state index is 12.7. The molecule has 0 bridgehead atoms. The van der Waals surface area contributed by atoms with Gasteiger partial charge in [0.2, 0.25) is 0 Å². The Morgan fingerprint density at radius 1 is 1.22 bits per heavy atom. The number of hydrogen-bond acceptors (Lipinski definition) is 4. The minimum atomic E-state index is -4.60. The van der Waals surface area contributed by atoms with Crippen molar-refractivity contribution in [3.63, 3.8) is 0 Å². The highest BCUT2D eigenvalue weighted by Gasteiger charge is 2.34. The Balaban J connectivity index is 2.17. The normalized spacial score (nSPS) is 11.7. The summed E-state index contributed by atoms with van der Waals surface area (Å²) in [5.41, 5.74) is -0.514. The molecule has 0 radical (unpaired) electrons. The fourth-order valence-corrected chi connectivity index (χ4v) is 2.15. The van der Waals surface area contributed by atoms with Crippen molar-refractivity contribution in [2.75, 3.05) is 0 Å². The lowest BCUT2D eigenvalue weighted by atomic mass is 10.1. The van der Waals surface area contributed by atoms with Crippen molar-refractivity contribution in [3.05, 3.63) is 57.7 Å². The molecule has 0 saturated heterocycles. The maximum Gasteiger partial charge on any atom is 0.436 e. The second-order valence-corrected chi connectivity index (χ2v) is 4.98. The van der Waals surface area contributed by atoms with Crippen LogP contribution in [0.4, 0.5) is 13.2 Å². The molecule has 3 aromatic rings. The van der Waals surface area contributed by atoms with Gasteiger partial charge in [-0.3, -0.25) is 4.79 Å². The van der Waals surface area contributed by atoms with Crippen LogP contribution in [0.1, 0.15) is 5.69 Å². The molecule has 0 aliphatic heterocycles. The number of nitrogens with zero attached hydrogens (tertiary/aromatic N) is 4. The zero-order chi connectivity index (χ0) is 16.6. The van der Waals surface area contributed by atoms with Gasteiger partial charge in [0.25, 0.3) is 5.56 Å². The summed E-state index contributed by atoms with van der Waals surface area (Å²) in [6, 6.07) is 5.73. The van der Waals surface area contributed by atoms with Crippen LogP contribution < -0.4 is 5.56 Å². The second-order valence-electron chi connectivity index (χ2n) is 4.54. The van der Waals surface area contributed by atoms with Gasteiger partial charge in [-0.15, -0.1) is 5.10 Å². The molecule has 0 spiro atoms. The zero-order valence-corrected chi connectivity index (χ0v) is 11.9. The van der Waals surface area contributed by atoms with Crippen molar-refractivity contribution in [2.45, 2.75) is 6.18 Å². The molecule has 0 saturated carbocycles. The molecule has 0 atom stereocenters. The summed E-state index contributed by atoms with van der Waals surface area (Å²) in [4.78, 5) is 11.4. The number of aromatic amines is 1. The van der Waals surface area contributed by atoms with Gasteiger partial charge in [0.1, 0.15) is 0 Å². The topological polar surface area (TPSA) is 76.5 Å². The SMILES string of the molecule is O=c1cc(-c2cc(Cl)ccc2-n2cc(C(F)(F)F)nn2)cn[nH]1. The van der Waals surface area contributed by atoms with Crippen molar-refractivity contribution in [3.8, 4) is 16.8 Å². The van der Waals surface area contributed by atoms with Crippen LogP contribution in [-0.4, -0.2) is 25.2 Å². The Kier molecular flexibility index (Phi) is 3.64. The molecular formula is C13H7ClF3N5O. The van der Waals surface area contributed by atoms with Crippen LogP contribution in [0.3, 0.4) is 0 Å². The molecule has 0 aliphatic rings. The number of benzene rings is 1. The first kappa shape index (κ1) is 15.2. The van der Waals surface area contributed by atoms with E-state index in [4.69, 9.17) is 11.6 Å². The minimum absolute atomic E-state index is 0.282. The smallest absolute Gasteiger partial charge is 0.268 e. The summed E-state index contributed by atoms with van der Waals surface area (Å²) in [6.07, 6.45) is -2.48. The van der Waals surface area contributed by atoms with Crippen LogP contribution >= 0.6 is 11.6 Å².